The van der Waals surface area contributed by atoms with Crippen LogP contribution in [0.2, 0.25) is 0 Å². The Kier molecular flexibility index (Phi) is 4.09. The number of nitrogens with one attached hydrogen (secondary N) is 1. The third-order valence-electron chi connectivity index (χ3n) is 1.88. The number of amides is 1. The first-order chi connectivity index (χ1) is 8.19. The minimum atomic E-state index is -0.241. The summed E-state index contributed by atoms with van der Waals surface area (Å²) in [5, 5.41) is 5.03. The van der Waals surface area contributed by atoms with Crippen LogP contribution in [0, 0.1) is 0 Å². The second-order valence-corrected chi connectivity index (χ2v) is 5.16. The van der Waals surface area contributed by atoms with Crippen LogP contribution in [0.15, 0.2) is 28.3 Å². The number of anilines is 1. The molecule has 0 atom stereocenters. The molecule has 1 amide bonds. The maximum absolute atomic E-state index is 11.8. The topological polar surface area (TPSA) is 54.9 Å². The minimum absolute atomic E-state index is 0.241. The van der Waals surface area contributed by atoms with Gasteiger partial charge in [0.15, 0.2) is 5.13 Å². The second-order valence-electron chi connectivity index (χ2n) is 3.12. The average molecular weight is 333 g/mol. The summed E-state index contributed by atoms with van der Waals surface area (Å²) in [6.45, 7) is 0. The summed E-state index contributed by atoms with van der Waals surface area (Å²) in [5.41, 5.74) is 1.22. The van der Waals surface area contributed by atoms with E-state index in [-0.39, 0.29) is 5.91 Å². The number of halogens is 2. The van der Waals surface area contributed by atoms with E-state index in [1.807, 2.05) is 5.38 Å². The molecular weight excluding hydrogens is 326 g/mol. The highest BCUT2D eigenvalue weighted by atomic mass is 79.9. The SMILES string of the molecule is O=C(Nc1nc(CCl)cs1)c1cncc(Br)c1. The number of carbonyl (C=O) groups is 1. The van der Waals surface area contributed by atoms with E-state index >= 15 is 0 Å². The summed E-state index contributed by atoms with van der Waals surface area (Å²) in [6, 6.07) is 1.69. The van der Waals surface area contributed by atoms with Crippen LogP contribution in [0.3, 0.4) is 0 Å². The third kappa shape index (κ3) is 3.24. The van der Waals surface area contributed by atoms with Gasteiger partial charge in [-0.05, 0) is 22.0 Å². The lowest BCUT2D eigenvalue weighted by Crippen LogP contribution is -2.12. The van der Waals surface area contributed by atoms with Crippen LogP contribution < -0.4 is 5.32 Å². The van der Waals surface area contributed by atoms with E-state index in [2.05, 4.69) is 31.2 Å². The molecule has 1 N–H and O–H groups in total. The highest BCUT2D eigenvalue weighted by Gasteiger charge is 2.09. The zero-order valence-electron chi connectivity index (χ0n) is 8.48. The van der Waals surface area contributed by atoms with E-state index in [0.29, 0.717) is 16.6 Å². The van der Waals surface area contributed by atoms with Gasteiger partial charge < -0.3 is 0 Å². The molecule has 0 aliphatic rings. The summed E-state index contributed by atoms with van der Waals surface area (Å²) in [5.74, 6) is 0.0967. The van der Waals surface area contributed by atoms with Gasteiger partial charge in [-0.1, -0.05) is 0 Å². The molecule has 0 saturated carbocycles. The van der Waals surface area contributed by atoms with E-state index in [1.165, 1.54) is 17.5 Å². The number of pyridine rings is 1. The fourth-order valence-electron chi connectivity index (χ4n) is 1.13. The van der Waals surface area contributed by atoms with Crippen molar-refractivity contribution in [2.75, 3.05) is 5.32 Å². The highest BCUT2D eigenvalue weighted by molar-refractivity contribution is 9.10. The summed E-state index contributed by atoms with van der Waals surface area (Å²) in [7, 11) is 0. The van der Waals surface area contributed by atoms with Gasteiger partial charge in [-0.2, -0.15) is 0 Å². The first-order valence-corrected chi connectivity index (χ1v) is 6.82. The summed E-state index contributed by atoms with van der Waals surface area (Å²) in [6.07, 6.45) is 3.11. The first-order valence-electron chi connectivity index (χ1n) is 4.61. The molecular formula is C10H7BrClN3OS. The molecule has 4 nitrogen and oxygen atoms in total. The Bertz CT molecular complexity index is 546. The molecule has 0 fully saturated rings. The molecule has 7 heteroatoms. The lowest BCUT2D eigenvalue weighted by atomic mass is 10.3. The normalized spacial score (nSPS) is 10.2. The highest BCUT2D eigenvalue weighted by Crippen LogP contribution is 2.18. The van der Waals surface area contributed by atoms with Gasteiger partial charge in [0.2, 0.25) is 0 Å². The van der Waals surface area contributed by atoms with Gasteiger partial charge in [0.25, 0.3) is 5.91 Å². The molecule has 0 radical (unpaired) electrons. The van der Waals surface area contributed by atoms with Crippen molar-refractivity contribution in [3.8, 4) is 0 Å². The van der Waals surface area contributed by atoms with Crippen molar-refractivity contribution in [2.45, 2.75) is 5.88 Å². The minimum Gasteiger partial charge on any atom is -0.298 e. The Hall–Kier alpha value is -0.980. The zero-order chi connectivity index (χ0) is 12.3. The first kappa shape index (κ1) is 12.5. The molecule has 88 valence electrons. The Morgan fingerprint density at radius 3 is 3.00 bits per heavy atom. The zero-order valence-corrected chi connectivity index (χ0v) is 11.6. The van der Waals surface area contributed by atoms with Gasteiger partial charge >= 0.3 is 0 Å². The number of nitrogens with zero attached hydrogens (tertiary/aromatic N) is 2. The molecule has 17 heavy (non-hydrogen) atoms. The monoisotopic (exact) mass is 331 g/mol. The molecule has 0 spiro atoms. The summed E-state index contributed by atoms with van der Waals surface area (Å²) in [4.78, 5) is 19.9. The molecule has 0 aliphatic carbocycles. The number of carbonyl (C=O) groups excluding carboxylic acids is 1. The second kappa shape index (κ2) is 5.57. The van der Waals surface area contributed by atoms with Gasteiger partial charge in [0, 0.05) is 22.2 Å². The van der Waals surface area contributed by atoms with E-state index in [0.717, 1.165) is 10.2 Å². The summed E-state index contributed by atoms with van der Waals surface area (Å²) >= 11 is 10.2. The Morgan fingerprint density at radius 2 is 2.35 bits per heavy atom. The predicted octanol–water partition coefficient (Wildman–Crippen LogP) is 3.29. The quantitative estimate of drug-likeness (QED) is 0.878. The molecule has 2 heterocycles. The maximum atomic E-state index is 11.8. The van der Waals surface area contributed by atoms with Gasteiger partial charge in [0.1, 0.15) is 0 Å². The van der Waals surface area contributed by atoms with E-state index < -0.39 is 0 Å². The van der Waals surface area contributed by atoms with Crippen LogP contribution in [0.25, 0.3) is 0 Å². The van der Waals surface area contributed by atoms with E-state index in [4.69, 9.17) is 11.6 Å². The van der Waals surface area contributed by atoms with Crippen molar-refractivity contribution in [1.82, 2.24) is 9.97 Å². The predicted molar refractivity (Wildman–Crippen MR) is 71.6 cm³/mol. The van der Waals surface area contributed by atoms with Gasteiger partial charge in [-0.15, -0.1) is 22.9 Å². The molecule has 0 aliphatic heterocycles. The van der Waals surface area contributed by atoms with Crippen molar-refractivity contribution < 1.29 is 4.79 Å². The lowest BCUT2D eigenvalue weighted by Gasteiger charge is -2.01. The largest absolute Gasteiger partial charge is 0.298 e. The standard InChI is InChI=1S/C10H7BrClN3OS/c11-7-1-6(3-13-4-7)9(16)15-10-14-8(2-12)5-17-10/h1,3-5H,2H2,(H,14,15,16). The summed E-state index contributed by atoms with van der Waals surface area (Å²) < 4.78 is 0.755. The lowest BCUT2D eigenvalue weighted by molar-refractivity contribution is 0.102. The average Bonchev–Trinajstić information content (AvgIpc) is 2.77. The molecule has 0 saturated heterocycles. The third-order valence-corrected chi connectivity index (χ3v) is 3.39. The van der Waals surface area contributed by atoms with Crippen molar-refractivity contribution in [1.29, 1.82) is 0 Å². The van der Waals surface area contributed by atoms with E-state index in [1.54, 1.807) is 12.3 Å². The number of thiazole rings is 1. The van der Waals surface area contributed by atoms with Crippen LogP contribution >= 0.6 is 38.9 Å². The molecule has 2 aromatic rings. The fourth-order valence-corrected chi connectivity index (χ4v) is 2.43. The maximum Gasteiger partial charge on any atom is 0.259 e. The van der Waals surface area contributed by atoms with E-state index in [9.17, 15) is 4.79 Å². The smallest absolute Gasteiger partial charge is 0.259 e. The Labute approximate surface area is 115 Å². The van der Waals surface area contributed by atoms with Crippen molar-refractivity contribution >= 4 is 49.9 Å². The Morgan fingerprint density at radius 1 is 1.53 bits per heavy atom. The molecule has 2 aromatic heterocycles. The molecule has 2 rings (SSSR count). The Balaban J connectivity index is 2.11. The molecule has 0 aromatic carbocycles. The van der Waals surface area contributed by atoms with Crippen molar-refractivity contribution in [3.63, 3.8) is 0 Å². The van der Waals surface area contributed by atoms with Gasteiger partial charge in [0.05, 0.1) is 17.1 Å². The number of aromatic nitrogens is 2. The van der Waals surface area contributed by atoms with Gasteiger partial charge in [-0.3, -0.25) is 15.1 Å². The number of hydrogen-bond donors (Lipinski definition) is 1. The number of alkyl halides is 1. The van der Waals surface area contributed by atoms with Crippen molar-refractivity contribution in [3.05, 3.63) is 39.6 Å². The number of rotatable bonds is 3. The molecule has 0 bridgehead atoms. The van der Waals surface area contributed by atoms with Gasteiger partial charge in [-0.25, -0.2) is 4.98 Å². The number of hydrogen-bond acceptors (Lipinski definition) is 4. The van der Waals surface area contributed by atoms with Crippen LogP contribution in [-0.2, 0) is 5.88 Å². The molecule has 0 unspecified atom stereocenters. The van der Waals surface area contributed by atoms with Crippen LogP contribution in [-0.4, -0.2) is 15.9 Å². The fraction of sp³-hybridized carbons (Fsp3) is 0.100. The van der Waals surface area contributed by atoms with Crippen LogP contribution in [0.4, 0.5) is 5.13 Å². The van der Waals surface area contributed by atoms with Crippen LogP contribution in [0.5, 0.6) is 0 Å². The van der Waals surface area contributed by atoms with Crippen molar-refractivity contribution in [2.24, 2.45) is 0 Å². The van der Waals surface area contributed by atoms with Crippen LogP contribution in [0.1, 0.15) is 16.1 Å².